The minimum Gasteiger partial charge on any atom is -0.149 e. The van der Waals surface area contributed by atoms with Crippen LogP contribution >= 0.6 is 34.5 Å². The summed E-state index contributed by atoms with van der Waals surface area (Å²) in [7, 11) is 0. The van der Waals surface area contributed by atoms with E-state index >= 15 is 0 Å². The van der Waals surface area contributed by atoms with Crippen LogP contribution < -0.4 is 0 Å². The highest BCUT2D eigenvalue weighted by Gasteiger charge is 2.19. The zero-order chi connectivity index (χ0) is 12.4. The number of allylic oxidation sites excluding steroid dienone is 4. The number of aryl methyl sites for hydroxylation is 1. The number of hydrogen-bond acceptors (Lipinski definition) is 1. The van der Waals surface area contributed by atoms with Crippen LogP contribution in [0.25, 0.3) is 0 Å². The van der Waals surface area contributed by atoms with Gasteiger partial charge in [-0.1, -0.05) is 42.6 Å². The second kappa shape index (κ2) is 5.60. The van der Waals surface area contributed by atoms with Gasteiger partial charge in [0.05, 0.1) is 5.03 Å². The second-order valence-electron chi connectivity index (χ2n) is 4.35. The third-order valence-corrected chi connectivity index (χ3v) is 5.24. The zero-order valence-corrected chi connectivity index (χ0v) is 12.4. The Hall–Kier alpha value is -0.240. The summed E-state index contributed by atoms with van der Waals surface area (Å²) in [6.07, 6.45) is 5.06. The molecule has 0 amide bonds. The van der Waals surface area contributed by atoms with E-state index in [2.05, 4.69) is 31.4 Å². The van der Waals surface area contributed by atoms with Crippen LogP contribution in [0, 0.1) is 0 Å². The molecule has 0 aliphatic heterocycles. The Morgan fingerprint density at radius 3 is 2.76 bits per heavy atom. The van der Waals surface area contributed by atoms with Crippen LogP contribution in [0.2, 0.25) is 0 Å². The van der Waals surface area contributed by atoms with Crippen molar-refractivity contribution >= 4 is 34.5 Å². The maximum absolute atomic E-state index is 6.11. The Morgan fingerprint density at radius 2 is 2.12 bits per heavy atom. The molecule has 2 rings (SSSR count). The third kappa shape index (κ3) is 2.78. The van der Waals surface area contributed by atoms with E-state index in [0.717, 1.165) is 24.3 Å². The lowest BCUT2D eigenvalue weighted by Crippen LogP contribution is -2.03. The fraction of sp³-hybridized carbons (Fsp3) is 0.429. The van der Waals surface area contributed by atoms with Gasteiger partial charge in [-0.25, -0.2) is 0 Å². The maximum atomic E-state index is 6.11. The van der Waals surface area contributed by atoms with Crippen molar-refractivity contribution in [2.45, 2.75) is 39.0 Å². The van der Waals surface area contributed by atoms with Gasteiger partial charge in [-0.05, 0) is 42.3 Å². The molecular formula is C14H16Cl2S. The van der Waals surface area contributed by atoms with Gasteiger partial charge >= 0.3 is 0 Å². The van der Waals surface area contributed by atoms with Crippen molar-refractivity contribution < 1.29 is 0 Å². The van der Waals surface area contributed by atoms with Gasteiger partial charge in [0, 0.05) is 15.8 Å². The fourth-order valence-corrected chi connectivity index (χ4v) is 3.56. The lowest BCUT2D eigenvalue weighted by molar-refractivity contribution is 0.788. The molecule has 0 fully saturated rings. The summed E-state index contributed by atoms with van der Waals surface area (Å²) in [6.45, 7) is 4.47. The minimum atomic E-state index is 0.453. The molecule has 1 unspecified atom stereocenters. The number of rotatable bonds is 3. The van der Waals surface area contributed by atoms with Crippen LogP contribution in [0.15, 0.2) is 33.2 Å². The molecule has 1 aliphatic rings. The van der Waals surface area contributed by atoms with Gasteiger partial charge in [-0.2, -0.15) is 0 Å². The normalized spacial score (nSPS) is 18.2. The van der Waals surface area contributed by atoms with Gasteiger partial charge in [0.1, 0.15) is 0 Å². The van der Waals surface area contributed by atoms with E-state index in [9.17, 15) is 0 Å². The quantitative estimate of drug-likeness (QED) is 0.656. The average Bonchev–Trinajstić information content (AvgIpc) is 2.80. The molecule has 92 valence electrons. The Morgan fingerprint density at radius 1 is 1.35 bits per heavy atom. The van der Waals surface area contributed by atoms with Gasteiger partial charge in [0.15, 0.2) is 0 Å². The monoisotopic (exact) mass is 286 g/mol. The summed E-state index contributed by atoms with van der Waals surface area (Å²) in [5.41, 5.74) is 2.85. The van der Waals surface area contributed by atoms with Crippen LogP contribution in [-0.4, -0.2) is 0 Å². The van der Waals surface area contributed by atoms with Crippen LogP contribution in [-0.2, 0) is 6.42 Å². The fourth-order valence-electron chi connectivity index (χ4n) is 2.25. The van der Waals surface area contributed by atoms with Crippen LogP contribution in [0.4, 0.5) is 0 Å². The standard InChI is InChI=1S/C14H16Cl2S/c1-3-14-11(6-7-17-14)9(2)10-4-5-12(15)13(16)8-10/h6-9H,3-5H2,1-2H3. The lowest BCUT2D eigenvalue weighted by Gasteiger charge is -2.20. The Kier molecular flexibility index (Phi) is 4.35. The van der Waals surface area contributed by atoms with Crippen LogP contribution in [0.1, 0.15) is 43.0 Å². The van der Waals surface area contributed by atoms with Crippen molar-refractivity contribution in [3.63, 3.8) is 0 Å². The van der Waals surface area contributed by atoms with Gasteiger partial charge in [-0.3, -0.25) is 0 Å². The summed E-state index contributed by atoms with van der Waals surface area (Å²) in [4.78, 5) is 1.48. The largest absolute Gasteiger partial charge is 0.149 e. The molecule has 1 aromatic heterocycles. The van der Waals surface area contributed by atoms with E-state index in [1.807, 2.05) is 11.3 Å². The Labute approximate surface area is 117 Å². The first kappa shape index (κ1) is 13.2. The van der Waals surface area contributed by atoms with Crippen LogP contribution in [0.5, 0.6) is 0 Å². The van der Waals surface area contributed by atoms with E-state index in [4.69, 9.17) is 23.2 Å². The summed E-state index contributed by atoms with van der Waals surface area (Å²) >= 11 is 14.0. The van der Waals surface area contributed by atoms with Crippen molar-refractivity contribution in [1.29, 1.82) is 0 Å². The van der Waals surface area contributed by atoms with Gasteiger partial charge < -0.3 is 0 Å². The average molecular weight is 287 g/mol. The topological polar surface area (TPSA) is 0 Å². The molecule has 17 heavy (non-hydrogen) atoms. The number of hydrogen-bond donors (Lipinski definition) is 0. The minimum absolute atomic E-state index is 0.453. The van der Waals surface area contributed by atoms with E-state index in [-0.39, 0.29) is 0 Å². The highest BCUT2D eigenvalue weighted by Crippen LogP contribution is 2.38. The van der Waals surface area contributed by atoms with E-state index in [0.29, 0.717) is 11.0 Å². The molecule has 0 saturated heterocycles. The summed E-state index contributed by atoms with van der Waals surface area (Å²) < 4.78 is 0. The summed E-state index contributed by atoms with van der Waals surface area (Å²) in [5.74, 6) is 0.453. The molecule has 0 N–H and O–H groups in total. The van der Waals surface area contributed by atoms with E-state index < -0.39 is 0 Å². The first-order valence-corrected chi connectivity index (χ1v) is 7.58. The number of halogens is 2. The molecule has 1 aromatic rings. The molecular weight excluding hydrogens is 271 g/mol. The smallest absolute Gasteiger partial charge is 0.0550 e. The zero-order valence-electron chi connectivity index (χ0n) is 10.1. The van der Waals surface area contributed by atoms with Crippen molar-refractivity contribution in [3.8, 4) is 0 Å². The SMILES string of the molecule is CCc1sccc1C(C)C1=CC(Cl)=C(Cl)CC1. The molecule has 1 aliphatic carbocycles. The number of thiophene rings is 1. The predicted octanol–water partition coefficient (Wildman–Crippen LogP) is 5.82. The highest BCUT2D eigenvalue weighted by atomic mass is 35.5. The molecule has 1 atom stereocenters. The molecule has 0 aromatic carbocycles. The van der Waals surface area contributed by atoms with Crippen molar-refractivity contribution in [3.05, 3.63) is 43.6 Å². The molecule has 0 spiro atoms. The first-order valence-electron chi connectivity index (χ1n) is 5.94. The second-order valence-corrected chi connectivity index (χ2v) is 6.21. The van der Waals surface area contributed by atoms with E-state index in [1.165, 1.54) is 16.0 Å². The third-order valence-electron chi connectivity index (χ3n) is 3.33. The predicted molar refractivity (Wildman–Crippen MR) is 78.2 cm³/mol. The van der Waals surface area contributed by atoms with Gasteiger partial charge in [0.25, 0.3) is 0 Å². The van der Waals surface area contributed by atoms with Gasteiger partial charge in [0.2, 0.25) is 0 Å². The molecule has 0 bridgehead atoms. The molecule has 3 heteroatoms. The molecule has 0 nitrogen and oxygen atoms in total. The Bertz CT molecular complexity index is 468. The maximum Gasteiger partial charge on any atom is 0.0550 e. The van der Waals surface area contributed by atoms with Gasteiger partial charge in [-0.15, -0.1) is 11.3 Å². The summed E-state index contributed by atoms with van der Waals surface area (Å²) in [6, 6.07) is 2.24. The van der Waals surface area contributed by atoms with Crippen molar-refractivity contribution in [2.24, 2.45) is 0 Å². The van der Waals surface area contributed by atoms with Crippen molar-refractivity contribution in [1.82, 2.24) is 0 Å². The first-order chi connectivity index (χ1) is 8.13. The molecule has 0 radical (unpaired) electrons. The highest BCUT2D eigenvalue weighted by molar-refractivity contribution is 7.10. The molecule has 1 heterocycles. The summed E-state index contributed by atoms with van der Waals surface area (Å²) in [5, 5.41) is 3.69. The lowest BCUT2D eigenvalue weighted by atomic mass is 9.87. The van der Waals surface area contributed by atoms with Crippen molar-refractivity contribution in [2.75, 3.05) is 0 Å². The molecule has 0 saturated carbocycles. The van der Waals surface area contributed by atoms with Crippen LogP contribution in [0.3, 0.4) is 0 Å². The van der Waals surface area contributed by atoms with E-state index in [1.54, 1.807) is 0 Å². The Balaban J connectivity index is 2.27.